The lowest BCUT2D eigenvalue weighted by atomic mass is 9.97. The predicted molar refractivity (Wildman–Crippen MR) is 78.5 cm³/mol. The number of hydrogen-bond acceptors (Lipinski definition) is 5. The van der Waals surface area contributed by atoms with Crippen molar-refractivity contribution in [1.82, 2.24) is 10.4 Å². The molecule has 4 nitrogen and oxygen atoms in total. The van der Waals surface area contributed by atoms with Crippen LogP contribution in [0, 0.1) is 20.8 Å². The SMILES string of the molecule is COc1cc(C)c(C(NN)c2csc(C)n2)cc1C. The summed E-state index contributed by atoms with van der Waals surface area (Å²) in [5.41, 5.74) is 7.17. The first-order chi connectivity index (χ1) is 9.06. The molecule has 3 N–H and O–H groups in total. The van der Waals surface area contributed by atoms with Gasteiger partial charge in [0.1, 0.15) is 5.75 Å². The van der Waals surface area contributed by atoms with E-state index in [9.17, 15) is 0 Å². The van der Waals surface area contributed by atoms with Crippen molar-refractivity contribution in [2.45, 2.75) is 26.8 Å². The van der Waals surface area contributed by atoms with E-state index in [4.69, 9.17) is 10.6 Å². The Bertz CT molecular complexity index is 580. The molecule has 1 aromatic carbocycles. The van der Waals surface area contributed by atoms with Crippen LogP contribution in [0.1, 0.15) is 33.4 Å². The van der Waals surface area contributed by atoms with Gasteiger partial charge in [-0.3, -0.25) is 5.84 Å². The second kappa shape index (κ2) is 5.69. The molecule has 1 aromatic heterocycles. The lowest BCUT2D eigenvalue weighted by Crippen LogP contribution is -2.29. The lowest BCUT2D eigenvalue weighted by Gasteiger charge is -2.18. The Morgan fingerprint density at radius 2 is 2.00 bits per heavy atom. The highest BCUT2D eigenvalue weighted by Gasteiger charge is 2.18. The average Bonchev–Trinajstić information content (AvgIpc) is 2.80. The Morgan fingerprint density at radius 1 is 1.26 bits per heavy atom. The van der Waals surface area contributed by atoms with E-state index in [0.717, 1.165) is 33.1 Å². The van der Waals surface area contributed by atoms with Crippen molar-refractivity contribution >= 4 is 11.3 Å². The van der Waals surface area contributed by atoms with Gasteiger partial charge in [0.2, 0.25) is 0 Å². The molecule has 0 radical (unpaired) electrons. The van der Waals surface area contributed by atoms with E-state index in [1.807, 2.05) is 25.3 Å². The van der Waals surface area contributed by atoms with Gasteiger partial charge in [-0.05, 0) is 43.5 Å². The number of methoxy groups -OCH3 is 1. The second-order valence-electron chi connectivity index (χ2n) is 4.57. The van der Waals surface area contributed by atoms with Gasteiger partial charge in [-0.1, -0.05) is 6.07 Å². The molecule has 0 bridgehead atoms. The zero-order valence-corrected chi connectivity index (χ0v) is 12.5. The number of thiazole rings is 1. The number of aromatic nitrogens is 1. The Morgan fingerprint density at radius 3 is 2.53 bits per heavy atom. The molecule has 0 spiro atoms. The summed E-state index contributed by atoms with van der Waals surface area (Å²) >= 11 is 1.63. The molecular weight excluding hydrogens is 258 g/mol. The Kier molecular flexibility index (Phi) is 4.19. The van der Waals surface area contributed by atoms with Crippen molar-refractivity contribution in [3.63, 3.8) is 0 Å². The van der Waals surface area contributed by atoms with Crippen molar-refractivity contribution in [3.05, 3.63) is 44.9 Å². The van der Waals surface area contributed by atoms with Crippen LogP contribution in [0.5, 0.6) is 5.75 Å². The van der Waals surface area contributed by atoms with E-state index < -0.39 is 0 Å². The van der Waals surface area contributed by atoms with Crippen LogP contribution in [-0.4, -0.2) is 12.1 Å². The van der Waals surface area contributed by atoms with Crippen LogP contribution in [0.4, 0.5) is 0 Å². The smallest absolute Gasteiger partial charge is 0.122 e. The van der Waals surface area contributed by atoms with Gasteiger partial charge in [-0.15, -0.1) is 11.3 Å². The summed E-state index contributed by atoms with van der Waals surface area (Å²) in [6.45, 7) is 6.08. The van der Waals surface area contributed by atoms with Crippen molar-refractivity contribution in [2.75, 3.05) is 7.11 Å². The molecule has 5 heteroatoms. The molecule has 0 aliphatic rings. The minimum absolute atomic E-state index is 0.0884. The molecular formula is C14H19N3OS. The number of ether oxygens (including phenoxy) is 1. The Hall–Kier alpha value is -1.43. The molecule has 1 atom stereocenters. The van der Waals surface area contributed by atoms with Crippen LogP contribution in [0.25, 0.3) is 0 Å². The van der Waals surface area contributed by atoms with Gasteiger partial charge in [0.25, 0.3) is 0 Å². The van der Waals surface area contributed by atoms with Gasteiger partial charge < -0.3 is 4.74 Å². The van der Waals surface area contributed by atoms with E-state index in [-0.39, 0.29) is 6.04 Å². The van der Waals surface area contributed by atoms with E-state index in [1.165, 1.54) is 0 Å². The fourth-order valence-corrected chi connectivity index (χ4v) is 2.83. The number of rotatable bonds is 4. The normalized spacial score (nSPS) is 12.5. The third kappa shape index (κ3) is 2.78. The summed E-state index contributed by atoms with van der Waals surface area (Å²) in [6, 6.07) is 4.05. The van der Waals surface area contributed by atoms with Crippen LogP contribution in [0.3, 0.4) is 0 Å². The molecule has 2 rings (SSSR count). The predicted octanol–water partition coefficient (Wildman–Crippen LogP) is 2.63. The maximum atomic E-state index is 5.72. The second-order valence-corrected chi connectivity index (χ2v) is 5.63. The molecule has 19 heavy (non-hydrogen) atoms. The summed E-state index contributed by atoms with van der Waals surface area (Å²) in [5.74, 6) is 6.61. The van der Waals surface area contributed by atoms with E-state index in [2.05, 4.69) is 23.4 Å². The monoisotopic (exact) mass is 277 g/mol. The number of hydrogen-bond donors (Lipinski definition) is 2. The number of nitrogens with one attached hydrogen (secondary N) is 1. The van der Waals surface area contributed by atoms with Gasteiger partial charge >= 0.3 is 0 Å². The summed E-state index contributed by atoms with van der Waals surface area (Å²) in [7, 11) is 1.68. The van der Waals surface area contributed by atoms with Crippen LogP contribution in [-0.2, 0) is 0 Å². The molecule has 0 aliphatic carbocycles. The summed E-state index contributed by atoms with van der Waals surface area (Å²) < 4.78 is 5.34. The van der Waals surface area contributed by atoms with Gasteiger partial charge in [-0.2, -0.15) is 0 Å². The molecule has 1 heterocycles. The first-order valence-corrected chi connectivity index (χ1v) is 6.98. The molecule has 0 saturated heterocycles. The molecule has 0 fully saturated rings. The average molecular weight is 277 g/mol. The lowest BCUT2D eigenvalue weighted by molar-refractivity contribution is 0.411. The third-order valence-corrected chi connectivity index (χ3v) is 3.99. The van der Waals surface area contributed by atoms with Gasteiger partial charge in [0.15, 0.2) is 0 Å². The van der Waals surface area contributed by atoms with Crippen LogP contribution < -0.4 is 16.0 Å². The Labute approximate surface area is 117 Å². The van der Waals surface area contributed by atoms with Crippen LogP contribution >= 0.6 is 11.3 Å². The molecule has 1 unspecified atom stereocenters. The molecule has 0 aliphatic heterocycles. The standard InChI is InChI=1S/C14H19N3OS/c1-8-6-13(18-4)9(2)5-11(8)14(17-15)12-7-19-10(3)16-12/h5-7,14,17H,15H2,1-4H3. The third-order valence-electron chi connectivity index (χ3n) is 3.19. The van der Waals surface area contributed by atoms with Crippen LogP contribution in [0.15, 0.2) is 17.5 Å². The fraction of sp³-hybridized carbons (Fsp3) is 0.357. The maximum absolute atomic E-state index is 5.72. The molecule has 0 saturated carbocycles. The van der Waals surface area contributed by atoms with E-state index in [1.54, 1.807) is 18.4 Å². The van der Waals surface area contributed by atoms with Gasteiger partial charge in [0.05, 0.1) is 23.9 Å². The number of hydrazine groups is 1. The quantitative estimate of drug-likeness (QED) is 0.666. The number of aryl methyl sites for hydroxylation is 3. The van der Waals surface area contributed by atoms with Gasteiger partial charge in [-0.25, -0.2) is 10.4 Å². The highest BCUT2D eigenvalue weighted by atomic mass is 32.1. The van der Waals surface area contributed by atoms with Crippen molar-refractivity contribution < 1.29 is 4.74 Å². The zero-order chi connectivity index (χ0) is 14.0. The number of nitrogens with two attached hydrogens (primary N) is 1. The minimum atomic E-state index is -0.0884. The zero-order valence-electron chi connectivity index (χ0n) is 11.7. The van der Waals surface area contributed by atoms with Crippen molar-refractivity contribution in [2.24, 2.45) is 5.84 Å². The Balaban J connectivity index is 2.47. The minimum Gasteiger partial charge on any atom is -0.496 e. The first kappa shape index (κ1) is 14.0. The fourth-order valence-electron chi connectivity index (χ4n) is 2.19. The number of nitrogens with zero attached hydrogens (tertiary/aromatic N) is 1. The first-order valence-electron chi connectivity index (χ1n) is 6.10. The highest BCUT2D eigenvalue weighted by Crippen LogP contribution is 2.30. The summed E-state index contributed by atoms with van der Waals surface area (Å²) in [5, 5.41) is 3.08. The molecule has 2 aromatic rings. The van der Waals surface area contributed by atoms with Gasteiger partial charge in [0, 0.05) is 5.38 Å². The van der Waals surface area contributed by atoms with Crippen LogP contribution in [0.2, 0.25) is 0 Å². The van der Waals surface area contributed by atoms with E-state index in [0.29, 0.717) is 0 Å². The number of benzene rings is 1. The molecule has 102 valence electrons. The maximum Gasteiger partial charge on any atom is 0.122 e. The van der Waals surface area contributed by atoms with E-state index >= 15 is 0 Å². The highest BCUT2D eigenvalue weighted by molar-refractivity contribution is 7.09. The summed E-state index contributed by atoms with van der Waals surface area (Å²) in [4.78, 5) is 4.52. The molecule has 0 amide bonds. The topological polar surface area (TPSA) is 60.2 Å². The van der Waals surface area contributed by atoms with Crippen molar-refractivity contribution in [1.29, 1.82) is 0 Å². The largest absolute Gasteiger partial charge is 0.496 e. The van der Waals surface area contributed by atoms with Crippen molar-refractivity contribution in [3.8, 4) is 5.75 Å². The summed E-state index contributed by atoms with van der Waals surface area (Å²) in [6.07, 6.45) is 0.